The van der Waals surface area contributed by atoms with Crippen molar-refractivity contribution in [2.45, 2.75) is 20.3 Å². The Balaban J connectivity index is 0.00000200. The third-order valence-corrected chi connectivity index (χ3v) is 3.32. The lowest BCUT2D eigenvalue weighted by molar-refractivity contribution is 0.692. The molecule has 0 spiro atoms. The minimum atomic E-state index is 0. The molecule has 112 valence electrons. The lowest BCUT2D eigenvalue weighted by Gasteiger charge is -2.24. The Morgan fingerprint density at radius 2 is 2.25 bits per heavy atom. The minimum Gasteiger partial charge on any atom is -0.370 e. The third-order valence-electron chi connectivity index (χ3n) is 3.32. The fourth-order valence-electron chi connectivity index (χ4n) is 2.25. The Labute approximate surface area is 139 Å². The highest BCUT2D eigenvalue weighted by Gasteiger charge is 2.06. The number of halogens is 1. The minimum absolute atomic E-state index is 0. The summed E-state index contributed by atoms with van der Waals surface area (Å²) in [4.78, 5) is 6.79. The second kappa shape index (κ2) is 9.05. The average molecular weight is 388 g/mol. The van der Waals surface area contributed by atoms with E-state index in [0.717, 1.165) is 45.1 Å². The summed E-state index contributed by atoms with van der Waals surface area (Å²) in [6.07, 6.45) is 1.13. The second-order valence-corrected chi connectivity index (χ2v) is 4.86. The van der Waals surface area contributed by atoms with Crippen molar-refractivity contribution in [3.8, 4) is 0 Å². The lowest BCUT2D eigenvalue weighted by atomic mass is 10.2. The number of guanidine groups is 1. The number of nitrogens with one attached hydrogen (secondary N) is 2. The zero-order valence-electron chi connectivity index (χ0n) is 12.4. The van der Waals surface area contributed by atoms with Gasteiger partial charge in [0.25, 0.3) is 0 Å². The Kier molecular flexibility index (Phi) is 7.72. The van der Waals surface area contributed by atoms with Gasteiger partial charge in [-0.1, -0.05) is 12.1 Å². The first-order valence-electron chi connectivity index (χ1n) is 7.13. The van der Waals surface area contributed by atoms with Crippen LogP contribution in [0, 0.1) is 6.92 Å². The van der Waals surface area contributed by atoms with Gasteiger partial charge in [0.15, 0.2) is 5.96 Å². The first kappa shape index (κ1) is 17.1. The van der Waals surface area contributed by atoms with E-state index < -0.39 is 0 Å². The molecular formula is C15H25IN4. The number of likely N-dealkylation sites (N-methyl/N-ethyl adjacent to an activating group) is 1. The van der Waals surface area contributed by atoms with E-state index in [4.69, 9.17) is 0 Å². The smallest absolute Gasteiger partial charge is 0.191 e. The van der Waals surface area contributed by atoms with Gasteiger partial charge in [-0.3, -0.25) is 4.99 Å². The molecule has 0 atom stereocenters. The first-order valence-corrected chi connectivity index (χ1v) is 7.13. The highest BCUT2D eigenvalue weighted by atomic mass is 127. The Bertz CT molecular complexity index is 434. The number of rotatable bonds is 5. The predicted octanol–water partition coefficient (Wildman–Crippen LogP) is 2.38. The third kappa shape index (κ3) is 5.19. The number of aliphatic imine (C=N–C) groups is 1. The molecule has 2 N–H and O–H groups in total. The maximum Gasteiger partial charge on any atom is 0.191 e. The van der Waals surface area contributed by atoms with Crippen LogP contribution in [-0.2, 0) is 0 Å². The summed E-state index contributed by atoms with van der Waals surface area (Å²) in [7, 11) is 0. The fraction of sp³-hybridized carbons (Fsp3) is 0.533. The van der Waals surface area contributed by atoms with Crippen LogP contribution in [0.4, 0.5) is 5.69 Å². The Morgan fingerprint density at radius 3 is 2.90 bits per heavy atom. The van der Waals surface area contributed by atoms with Crippen molar-refractivity contribution >= 4 is 35.6 Å². The number of nitrogens with zero attached hydrogens (tertiary/aromatic N) is 2. The van der Waals surface area contributed by atoms with Crippen molar-refractivity contribution in [2.24, 2.45) is 4.99 Å². The van der Waals surface area contributed by atoms with Crippen LogP contribution >= 0.6 is 24.0 Å². The molecule has 5 heteroatoms. The molecule has 1 aromatic rings. The molecule has 0 bridgehead atoms. The van der Waals surface area contributed by atoms with E-state index in [1.165, 1.54) is 11.3 Å². The monoisotopic (exact) mass is 388 g/mol. The molecular weight excluding hydrogens is 363 g/mol. The van der Waals surface area contributed by atoms with E-state index in [1.54, 1.807) is 0 Å². The Hall–Kier alpha value is -0.980. The molecule has 0 aromatic heterocycles. The highest BCUT2D eigenvalue weighted by molar-refractivity contribution is 14.0. The van der Waals surface area contributed by atoms with Gasteiger partial charge in [0.05, 0.1) is 0 Å². The van der Waals surface area contributed by atoms with Crippen molar-refractivity contribution in [2.75, 3.05) is 37.6 Å². The maximum atomic E-state index is 4.41. The zero-order chi connectivity index (χ0) is 13.5. The first-order chi connectivity index (χ1) is 9.29. The van der Waals surface area contributed by atoms with Gasteiger partial charge >= 0.3 is 0 Å². The predicted molar refractivity (Wildman–Crippen MR) is 97.4 cm³/mol. The van der Waals surface area contributed by atoms with E-state index in [2.05, 4.69) is 58.6 Å². The van der Waals surface area contributed by atoms with Crippen LogP contribution in [0.1, 0.15) is 18.9 Å². The van der Waals surface area contributed by atoms with Crippen molar-refractivity contribution in [1.29, 1.82) is 0 Å². The van der Waals surface area contributed by atoms with Crippen LogP contribution in [0.15, 0.2) is 29.3 Å². The molecule has 1 aliphatic rings. The van der Waals surface area contributed by atoms with Gasteiger partial charge < -0.3 is 15.5 Å². The Morgan fingerprint density at radius 1 is 1.40 bits per heavy atom. The van der Waals surface area contributed by atoms with Crippen LogP contribution in [-0.4, -0.2) is 38.7 Å². The molecule has 20 heavy (non-hydrogen) atoms. The van der Waals surface area contributed by atoms with Crippen molar-refractivity contribution in [1.82, 2.24) is 10.6 Å². The summed E-state index contributed by atoms with van der Waals surface area (Å²) < 4.78 is 0. The molecule has 1 aliphatic heterocycles. The molecule has 0 aliphatic carbocycles. The SMILES string of the molecule is CCN(CCNC1=NCCCN1)c1cccc(C)c1.I. The summed E-state index contributed by atoms with van der Waals surface area (Å²) in [6, 6.07) is 8.66. The topological polar surface area (TPSA) is 39.7 Å². The molecule has 0 amide bonds. The summed E-state index contributed by atoms with van der Waals surface area (Å²) in [5.41, 5.74) is 2.60. The quantitative estimate of drug-likeness (QED) is 0.761. The molecule has 0 fully saturated rings. The maximum absolute atomic E-state index is 4.41. The van der Waals surface area contributed by atoms with E-state index >= 15 is 0 Å². The zero-order valence-corrected chi connectivity index (χ0v) is 14.7. The van der Waals surface area contributed by atoms with Crippen LogP contribution in [0.5, 0.6) is 0 Å². The van der Waals surface area contributed by atoms with Gasteiger partial charge in [0.1, 0.15) is 0 Å². The average Bonchev–Trinajstić information content (AvgIpc) is 2.45. The molecule has 1 heterocycles. The number of hydrogen-bond donors (Lipinski definition) is 2. The number of hydrogen-bond acceptors (Lipinski definition) is 4. The number of benzene rings is 1. The van der Waals surface area contributed by atoms with Gasteiger partial charge in [-0.05, 0) is 38.0 Å². The van der Waals surface area contributed by atoms with Crippen LogP contribution < -0.4 is 15.5 Å². The summed E-state index contributed by atoms with van der Waals surface area (Å²) >= 11 is 0. The van der Waals surface area contributed by atoms with Gasteiger partial charge in [0.2, 0.25) is 0 Å². The summed E-state index contributed by atoms with van der Waals surface area (Å²) in [5.74, 6) is 0.951. The van der Waals surface area contributed by atoms with E-state index in [0.29, 0.717) is 0 Å². The largest absolute Gasteiger partial charge is 0.370 e. The lowest BCUT2D eigenvalue weighted by Crippen LogP contribution is -2.43. The normalized spacial score (nSPS) is 13.8. The molecule has 4 nitrogen and oxygen atoms in total. The van der Waals surface area contributed by atoms with Crippen LogP contribution in [0.3, 0.4) is 0 Å². The molecule has 0 saturated heterocycles. The van der Waals surface area contributed by atoms with Crippen molar-refractivity contribution in [3.05, 3.63) is 29.8 Å². The van der Waals surface area contributed by atoms with E-state index in [-0.39, 0.29) is 24.0 Å². The van der Waals surface area contributed by atoms with Gasteiger partial charge in [-0.15, -0.1) is 24.0 Å². The van der Waals surface area contributed by atoms with Gasteiger partial charge in [-0.25, -0.2) is 0 Å². The number of anilines is 1. The van der Waals surface area contributed by atoms with E-state index in [9.17, 15) is 0 Å². The van der Waals surface area contributed by atoms with Crippen molar-refractivity contribution < 1.29 is 0 Å². The van der Waals surface area contributed by atoms with Gasteiger partial charge in [-0.2, -0.15) is 0 Å². The van der Waals surface area contributed by atoms with Gasteiger partial charge in [0, 0.05) is 38.4 Å². The van der Waals surface area contributed by atoms with Crippen LogP contribution in [0.25, 0.3) is 0 Å². The summed E-state index contributed by atoms with van der Waals surface area (Å²) in [5, 5.41) is 6.65. The van der Waals surface area contributed by atoms with Crippen LogP contribution in [0.2, 0.25) is 0 Å². The number of aryl methyl sites for hydroxylation is 1. The standard InChI is InChI=1S/C15H24N4.HI/c1-3-19(14-7-4-6-13(2)12-14)11-10-18-15-16-8-5-9-17-15;/h4,6-7,12H,3,5,8-11H2,1-2H3,(H2,16,17,18);1H. The highest BCUT2D eigenvalue weighted by Crippen LogP contribution is 2.14. The van der Waals surface area contributed by atoms with Crippen molar-refractivity contribution in [3.63, 3.8) is 0 Å². The molecule has 2 rings (SSSR count). The molecule has 0 radical (unpaired) electrons. The molecule has 1 aromatic carbocycles. The molecule has 0 saturated carbocycles. The van der Waals surface area contributed by atoms with E-state index in [1.807, 2.05) is 0 Å². The summed E-state index contributed by atoms with van der Waals surface area (Å²) in [6.45, 7) is 9.21. The molecule has 0 unspecified atom stereocenters. The second-order valence-electron chi connectivity index (χ2n) is 4.86. The fourth-order valence-corrected chi connectivity index (χ4v) is 2.25.